The Morgan fingerprint density at radius 1 is 1.33 bits per heavy atom. The van der Waals surface area contributed by atoms with Crippen molar-refractivity contribution in [1.82, 2.24) is 0 Å². The molecule has 21 heavy (non-hydrogen) atoms. The highest BCUT2D eigenvalue weighted by molar-refractivity contribution is 6.31. The van der Waals surface area contributed by atoms with E-state index in [1.165, 1.54) is 7.11 Å². The standard InChI is InChI=1S/C16H14ClNO3/c1-20-16-11(3-2-4-13(16)18)14(19)12-8-10(17)7-9-5-6-21-15(9)12/h2-4,7-8H,5-6,18H2,1H3. The van der Waals surface area contributed by atoms with Crippen LogP contribution in [0.1, 0.15) is 21.5 Å². The van der Waals surface area contributed by atoms with Gasteiger partial charge in [0.15, 0.2) is 5.75 Å². The minimum absolute atomic E-state index is 0.209. The third-order valence-electron chi connectivity index (χ3n) is 3.49. The summed E-state index contributed by atoms with van der Waals surface area (Å²) < 4.78 is 10.8. The third-order valence-corrected chi connectivity index (χ3v) is 3.71. The number of carbonyl (C=O) groups excluding carboxylic acids is 1. The first-order chi connectivity index (χ1) is 10.1. The Hall–Kier alpha value is -2.20. The fourth-order valence-corrected chi connectivity index (χ4v) is 2.79. The van der Waals surface area contributed by atoms with Crippen molar-refractivity contribution in [1.29, 1.82) is 0 Å². The van der Waals surface area contributed by atoms with Crippen LogP contribution < -0.4 is 15.2 Å². The molecule has 0 bridgehead atoms. The van der Waals surface area contributed by atoms with E-state index in [1.54, 1.807) is 24.3 Å². The van der Waals surface area contributed by atoms with Gasteiger partial charge in [-0.2, -0.15) is 0 Å². The molecule has 108 valence electrons. The summed E-state index contributed by atoms with van der Waals surface area (Å²) in [4.78, 5) is 12.8. The molecule has 0 atom stereocenters. The monoisotopic (exact) mass is 303 g/mol. The predicted octanol–water partition coefficient (Wildman–Crippen LogP) is 3.10. The molecule has 1 aliphatic heterocycles. The van der Waals surface area contributed by atoms with Crippen molar-refractivity contribution in [2.24, 2.45) is 0 Å². The third kappa shape index (κ3) is 2.32. The summed E-state index contributed by atoms with van der Waals surface area (Å²) in [6.07, 6.45) is 0.754. The van der Waals surface area contributed by atoms with E-state index in [1.807, 2.05) is 6.07 Å². The number of nitrogens with two attached hydrogens (primary N) is 1. The molecule has 2 aromatic carbocycles. The SMILES string of the molecule is COc1c(N)cccc1C(=O)c1cc(Cl)cc2c1OCC2. The molecule has 1 aliphatic rings. The van der Waals surface area contributed by atoms with Crippen LogP contribution in [0.3, 0.4) is 0 Å². The van der Waals surface area contributed by atoms with Crippen LogP contribution in [0.2, 0.25) is 5.02 Å². The molecule has 3 rings (SSSR count). The second kappa shape index (κ2) is 5.30. The highest BCUT2D eigenvalue weighted by Crippen LogP contribution is 2.36. The summed E-state index contributed by atoms with van der Waals surface area (Å²) in [6.45, 7) is 0.560. The number of rotatable bonds is 3. The molecule has 2 N–H and O–H groups in total. The zero-order valence-electron chi connectivity index (χ0n) is 11.5. The van der Waals surface area contributed by atoms with Gasteiger partial charge in [0.1, 0.15) is 5.75 Å². The molecule has 0 aliphatic carbocycles. The minimum Gasteiger partial charge on any atom is -0.494 e. The van der Waals surface area contributed by atoms with Crippen LogP contribution in [0, 0.1) is 0 Å². The van der Waals surface area contributed by atoms with E-state index >= 15 is 0 Å². The maximum atomic E-state index is 12.8. The number of benzene rings is 2. The van der Waals surface area contributed by atoms with Gasteiger partial charge in [0.25, 0.3) is 0 Å². The van der Waals surface area contributed by atoms with Gasteiger partial charge in [0.2, 0.25) is 5.78 Å². The molecule has 4 nitrogen and oxygen atoms in total. The van der Waals surface area contributed by atoms with E-state index in [9.17, 15) is 4.79 Å². The number of halogens is 1. The summed E-state index contributed by atoms with van der Waals surface area (Å²) >= 11 is 6.10. The van der Waals surface area contributed by atoms with Crippen molar-refractivity contribution in [3.63, 3.8) is 0 Å². The van der Waals surface area contributed by atoms with Crippen LogP contribution in [0.15, 0.2) is 30.3 Å². The van der Waals surface area contributed by atoms with Gasteiger partial charge in [-0.15, -0.1) is 0 Å². The Labute approximate surface area is 127 Å². The molecule has 2 aromatic rings. The van der Waals surface area contributed by atoms with E-state index in [2.05, 4.69) is 0 Å². The van der Waals surface area contributed by atoms with Crippen LogP contribution in [0.4, 0.5) is 5.69 Å². The second-order valence-electron chi connectivity index (χ2n) is 4.80. The average molecular weight is 304 g/mol. The zero-order valence-corrected chi connectivity index (χ0v) is 12.2. The van der Waals surface area contributed by atoms with E-state index in [-0.39, 0.29) is 5.78 Å². The first-order valence-electron chi connectivity index (χ1n) is 6.54. The first-order valence-corrected chi connectivity index (χ1v) is 6.92. The van der Waals surface area contributed by atoms with Crippen molar-refractivity contribution >= 4 is 23.1 Å². The van der Waals surface area contributed by atoms with Crippen LogP contribution in [0.5, 0.6) is 11.5 Å². The Balaban J connectivity index is 2.14. The molecule has 1 heterocycles. The lowest BCUT2D eigenvalue weighted by atomic mass is 9.98. The van der Waals surface area contributed by atoms with Crippen molar-refractivity contribution < 1.29 is 14.3 Å². The van der Waals surface area contributed by atoms with Gasteiger partial charge in [0.05, 0.1) is 30.5 Å². The number of anilines is 1. The van der Waals surface area contributed by atoms with Crippen molar-refractivity contribution in [2.45, 2.75) is 6.42 Å². The number of para-hydroxylation sites is 1. The molecule has 0 aromatic heterocycles. The van der Waals surface area contributed by atoms with Crippen LogP contribution in [-0.4, -0.2) is 19.5 Å². The smallest absolute Gasteiger partial charge is 0.200 e. The van der Waals surface area contributed by atoms with Gasteiger partial charge in [-0.1, -0.05) is 17.7 Å². The van der Waals surface area contributed by atoms with Gasteiger partial charge in [-0.05, 0) is 29.8 Å². The van der Waals surface area contributed by atoms with Crippen LogP contribution >= 0.6 is 11.6 Å². The molecule has 0 saturated carbocycles. The van der Waals surface area contributed by atoms with Crippen molar-refractivity contribution in [2.75, 3.05) is 19.5 Å². The normalized spacial score (nSPS) is 12.7. The van der Waals surface area contributed by atoms with Gasteiger partial charge < -0.3 is 15.2 Å². The lowest BCUT2D eigenvalue weighted by molar-refractivity contribution is 0.103. The summed E-state index contributed by atoms with van der Waals surface area (Å²) in [5, 5.41) is 0.519. The molecule has 0 radical (unpaired) electrons. The summed E-state index contributed by atoms with van der Waals surface area (Å²) in [5.41, 5.74) is 8.07. The highest BCUT2D eigenvalue weighted by atomic mass is 35.5. The number of ether oxygens (including phenoxy) is 2. The molecule has 0 spiro atoms. The lowest BCUT2D eigenvalue weighted by Gasteiger charge is -2.12. The maximum absolute atomic E-state index is 12.8. The molecule has 0 saturated heterocycles. The fraction of sp³-hybridized carbons (Fsp3) is 0.188. The topological polar surface area (TPSA) is 61.5 Å². The summed E-state index contributed by atoms with van der Waals surface area (Å²) in [5.74, 6) is 0.767. The Bertz CT molecular complexity index is 728. The number of methoxy groups -OCH3 is 1. The number of ketones is 1. The fourth-order valence-electron chi connectivity index (χ4n) is 2.54. The van der Waals surface area contributed by atoms with E-state index < -0.39 is 0 Å². The Morgan fingerprint density at radius 2 is 2.14 bits per heavy atom. The average Bonchev–Trinajstić information content (AvgIpc) is 2.93. The van der Waals surface area contributed by atoms with Crippen molar-refractivity contribution in [3.05, 3.63) is 52.0 Å². The second-order valence-corrected chi connectivity index (χ2v) is 5.23. The summed E-state index contributed by atoms with van der Waals surface area (Å²) in [7, 11) is 1.49. The minimum atomic E-state index is -0.209. The quantitative estimate of drug-likeness (QED) is 0.699. The van der Waals surface area contributed by atoms with Gasteiger partial charge in [-0.25, -0.2) is 0 Å². The van der Waals surface area contributed by atoms with E-state index in [0.717, 1.165) is 12.0 Å². The summed E-state index contributed by atoms with van der Waals surface area (Å²) in [6, 6.07) is 8.54. The number of carbonyl (C=O) groups is 1. The Kier molecular flexibility index (Phi) is 3.47. The van der Waals surface area contributed by atoms with Gasteiger partial charge in [-0.3, -0.25) is 4.79 Å². The van der Waals surface area contributed by atoms with Crippen molar-refractivity contribution in [3.8, 4) is 11.5 Å². The number of fused-ring (bicyclic) bond motifs is 1. The lowest BCUT2D eigenvalue weighted by Crippen LogP contribution is -2.07. The predicted molar refractivity (Wildman–Crippen MR) is 81.5 cm³/mol. The van der Waals surface area contributed by atoms with Crippen LogP contribution in [0.25, 0.3) is 0 Å². The van der Waals surface area contributed by atoms with Crippen LogP contribution in [-0.2, 0) is 6.42 Å². The first kappa shape index (κ1) is 13.8. The largest absolute Gasteiger partial charge is 0.494 e. The number of hydrogen-bond acceptors (Lipinski definition) is 4. The molecule has 0 unspecified atom stereocenters. The van der Waals surface area contributed by atoms with E-state index in [0.29, 0.717) is 39.9 Å². The van der Waals surface area contributed by atoms with E-state index in [4.69, 9.17) is 26.8 Å². The van der Waals surface area contributed by atoms with Gasteiger partial charge >= 0.3 is 0 Å². The van der Waals surface area contributed by atoms with Gasteiger partial charge in [0, 0.05) is 11.4 Å². The molecule has 0 fully saturated rings. The Morgan fingerprint density at radius 3 is 2.90 bits per heavy atom. The maximum Gasteiger partial charge on any atom is 0.200 e. The zero-order chi connectivity index (χ0) is 15.0. The highest BCUT2D eigenvalue weighted by Gasteiger charge is 2.25. The number of nitrogen functional groups attached to an aromatic ring is 1. The molecular formula is C16H14ClNO3. The molecule has 5 heteroatoms. The molecule has 0 amide bonds. The molecular weight excluding hydrogens is 290 g/mol. The number of hydrogen-bond donors (Lipinski definition) is 1.